The van der Waals surface area contributed by atoms with Crippen molar-refractivity contribution in [3.05, 3.63) is 64.4 Å². The molecular weight excluding hydrogens is 316 g/mol. The summed E-state index contributed by atoms with van der Waals surface area (Å²) in [4.78, 5) is 4.60. The topological polar surface area (TPSA) is 38.0 Å². The molecule has 0 bridgehead atoms. The molecule has 3 nitrogen and oxygen atoms in total. The molecule has 3 aromatic rings. The Balaban J connectivity index is 1.93. The van der Waals surface area contributed by atoms with Gasteiger partial charge in [-0.2, -0.15) is 0 Å². The van der Waals surface area contributed by atoms with Gasteiger partial charge in [-0.1, -0.05) is 46.3 Å². The lowest BCUT2D eigenvalue weighted by atomic mass is 10.1. The number of halogens is 1. The van der Waals surface area contributed by atoms with E-state index in [2.05, 4.69) is 20.9 Å². The van der Waals surface area contributed by atoms with Crippen molar-refractivity contribution in [3.63, 3.8) is 0 Å². The summed E-state index contributed by atoms with van der Waals surface area (Å²) in [6.45, 7) is 0. The first kappa shape index (κ1) is 13.3. The summed E-state index contributed by atoms with van der Waals surface area (Å²) in [6, 6.07) is 15.7. The van der Waals surface area contributed by atoms with Crippen molar-refractivity contribution < 1.29 is 5.11 Å². The van der Waals surface area contributed by atoms with Crippen LogP contribution in [0.5, 0.6) is 0 Å². The lowest BCUT2D eigenvalue weighted by Gasteiger charge is -2.12. The highest BCUT2D eigenvalue weighted by molar-refractivity contribution is 9.10. The largest absolute Gasteiger partial charge is 0.388 e. The molecule has 0 aliphatic rings. The van der Waals surface area contributed by atoms with Crippen LogP contribution >= 0.6 is 15.9 Å². The number of rotatable bonds is 3. The van der Waals surface area contributed by atoms with Crippen molar-refractivity contribution in [3.8, 4) is 0 Å². The summed E-state index contributed by atoms with van der Waals surface area (Å²) in [5.74, 6) is 0.884. The highest BCUT2D eigenvalue weighted by Crippen LogP contribution is 2.26. The van der Waals surface area contributed by atoms with Crippen LogP contribution in [0.1, 0.15) is 17.5 Å². The van der Waals surface area contributed by atoms with Gasteiger partial charge in [0, 0.05) is 17.9 Å². The van der Waals surface area contributed by atoms with Crippen LogP contribution in [-0.4, -0.2) is 14.7 Å². The van der Waals surface area contributed by atoms with Gasteiger partial charge in [0.2, 0.25) is 0 Å². The maximum absolute atomic E-state index is 10.4. The zero-order valence-electron chi connectivity index (χ0n) is 11.1. The minimum atomic E-state index is -0.568. The van der Waals surface area contributed by atoms with Crippen LogP contribution in [0.15, 0.2) is 53.0 Å². The SMILES string of the molecule is Cn1c(CC(O)c2ccccc2Br)nc2ccccc21. The van der Waals surface area contributed by atoms with Crippen LogP contribution in [-0.2, 0) is 13.5 Å². The average Bonchev–Trinajstić information content (AvgIpc) is 2.76. The number of para-hydroxylation sites is 2. The third kappa shape index (κ3) is 2.37. The van der Waals surface area contributed by atoms with Gasteiger partial charge in [-0.3, -0.25) is 0 Å². The van der Waals surface area contributed by atoms with Gasteiger partial charge in [-0.15, -0.1) is 0 Å². The van der Waals surface area contributed by atoms with Gasteiger partial charge < -0.3 is 9.67 Å². The lowest BCUT2D eigenvalue weighted by Crippen LogP contribution is -2.07. The van der Waals surface area contributed by atoms with Gasteiger partial charge in [0.05, 0.1) is 17.1 Å². The van der Waals surface area contributed by atoms with Crippen molar-refractivity contribution in [1.82, 2.24) is 9.55 Å². The number of hydrogen-bond acceptors (Lipinski definition) is 2. The van der Waals surface area contributed by atoms with Gasteiger partial charge >= 0.3 is 0 Å². The molecule has 0 fully saturated rings. The van der Waals surface area contributed by atoms with Crippen molar-refractivity contribution in [2.45, 2.75) is 12.5 Å². The van der Waals surface area contributed by atoms with E-state index in [1.807, 2.05) is 60.1 Å². The third-order valence-electron chi connectivity index (χ3n) is 3.52. The number of benzene rings is 2. The minimum absolute atomic E-state index is 0.494. The normalized spacial score (nSPS) is 12.8. The quantitative estimate of drug-likeness (QED) is 0.796. The second kappa shape index (κ2) is 5.38. The lowest BCUT2D eigenvalue weighted by molar-refractivity contribution is 0.174. The molecule has 1 heterocycles. The predicted molar refractivity (Wildman–Crippen MR) is 83.5 cm³/mol. The summed E-state index contributed by atoms with van der Waals surface area (Å²) < 4.78 is 2.96. The van der Waals surface area contributed by atoms with Gasteiger partial charge in [0.25, 0.3) is 0 Å². The van der Waals surface area contributed by atoms with Crippen molar-refractivity contribution in [2.75, 3.05) is 0 Å². The molecule has 1 atom stereocenters. The second-order valence-corrected chi connectivity index (χ2v) is 5.67. The van der Waals surface area contributed by atoms with Crippen LogP contribution < -0.4 is 0 Å². The Bertz CT molecular complexity index is 751. The van der Waals surface area contributed by atoms with E-state index in [4.69, 9.17) is 0 Å². The van der Waals surface area contributed by atoms with Crippen molar-refractivity contribution >= 4 is 27.0 Å². The number of fused-ring (bicyclic) bond motifs is 1. The number of hydrogen-bond donors (Lipinski definition) is 1. The van der Waals surface area contributed by atoms with Crippen LogP contribution in [0.25, 0.3) is 11.0 Å². The molecule has 1 aromatic heterocycles. The Hall–Kier alpha value is -1.65. The first-order valence-corrected chi connectivity index (χ1v) is 7.29. The summed E-state index contributed by atoms with van der Waals surface area (Å²) in [5.41, 5.74) is 2.94. The van der Waals surface area contributed by atoms with Gasteiger partial charge in [0.1, 0.15) is 5.82 Å². The van der Waals surface area contributed by atoms with E-state index >= 15 is 0 Å². The van der Waals surface area contributed by atoms with E-state index in [1.54, 1.807) is 0 Å². The number of nitrogens with zero attached hydrogens (tertiary/aromatic N) is 2. The molecule has 2 aromatic carbocycles. The fourth-order valence-corrected chi connectivity index (χ4v) is 2.96. The molecule has 0 spiro atoms. The molecule has 0 saturated carbocycles. The summed E-state index contributed by atoms with van der Waals surface area (Å²) >= 11 is 3.48. The van der Waals surface area contributed by atoms with Crippen LogP contribution in [0.3, 0.4) is 0 Å². The molecule has 1 N–H and O–H groups in total. The average molecular weight is 331 g/mol. The van der Waals surface area contributed by atoms with Crippen LogP contribution in [0.2, 0.25) is 0 Å². The van der Waals surface area contributed by atoms with E-state index in [1.165, 1.54) is 0 Å². The maximum atomic E-state index is 10.4. The Kier molecular flexibility index (Phi) is 3.59. The Labute approximate surface area is 126 Å². The molecule has 20 heavy (non-hydrogen) atoms. The maximum Gasteiger partial charge on any atom is 0.112 e. The molecule has 1 unspecified atom stereocenters. The van der Waals surface area contributed by atoms with Crippen LogP contribution in [0.4, 0.5) is 0 Å². The van der Waals surface area contributed by atoms with Crippen molar-refractivity contribution in [2.24, 2.45) is 7.05 Å². The molecule has 3 rings (SSSR count). The Morgan fingerprint density at radius 3 is 2.60 bits per heavy atom. The fourth-order valence-electron chi connectivity index (χ4n) is 2.41. The second-order valence-electron chi connectivity index (χ2n) is 4.82. The number of aliphatic hydroxyl groups excluding tert-OH is 1. The zero-order valence-corrected chi connectivity index (χ0v) is 12.7. The van der Waals surface area contributed by atoms with E-state index in [-0.39, 0.29) is 0 Å². The molecule has 0 aliphatic heterocycles. The van der Waals surface area contributed by atoms with Gasteiger partial charge in [0.15, 0.2) is 0 Å². The van der Waals surface area contributed by atoms with E-state index in [0.29, 0.717) is 6.42 Å². The van der Waals surface area contributed by atoms with Gasteiger partial charge in [-0.25, -0.2) is 4.98 Å². The molecule has 0 aliphatic carbocycles. The molecule has 0 amide bonds. The first-order chi connectivity index (χ1) is 9.66. The van der Waals surface area contributed by atoms with E-state index in [0.717, 1.165) is 26.9 Å². The first-order valence-electron chi connectivity index (χ1n) is 6.49. The Morgan fingerprint density at radius 2 is 1.85 bits per heavy atom. The third-order valence-corrected chi connectivity index (χ3v) is 4.24. The predicted octanol–water partition coefficient (Wildman–Crippen LogP) is 3.61. The summed E-state index contributed by atoms with van der Waals surface area (Å²) in [7, 11) is 1.98. The smallest absolute Gasteiger partial charge is 0.112 e. The molecule has 102 valence electrons. The summed E-state index contributed by atoms with van der Waals surface area (Å²) in [6.07, 6.45) is -0.0746. The highest BCUT2D eigenvalue weighted by atomic mass is 79.9. The van der Waals surface area contributed by atoms with Crippen LogP contribution in [0, 0.1) is 0 Å². The highest BCUT2D eigenvalue weighted by Gasteiger charge is 2.15. The summed E-state index contributed by atoms with van der Waals surface area (Å²) in [5, 5.41) is 10.4. The number of imidazole rings is 1. The fraction of sp³-hybridized carbons (Fsp3) is 0.188. The molecule has 0 saturated heterocycles. The Morgan fingerprint density at radius 1 is 1.15 bits per heavy atom. The van der Waals surface area contributed by atoms with Gasteiger partial charge in [-0.05, 0) is 23.8 Å². The van der Waals surface area contributed by atoms with E-state index < -0.39 is 6.10 Å². The standard InChI is InChI=1S/C16H15BrN2O/c1-19-14-9-5-4-8-13(14)18-16(19)10-15(20)11-6-2-3-7-12(11)17/h2-9,15,20H,10H2,1H3. The number of aromatic nitrogens is 2. The molecule has 0 radical (unpaired) electrons. The molecular formula is C16H15BrN2O. The number of aliphatic hydroxyl groups is 1. The zero-order chi connectivity index (χ0) is 14.1. The van der Waals surface area contributed by atoms with Crippen molar-refractivity contribution in [1.29, 1.82) is 0 Å². The monoisotopic (exact) mass is 330 g/mol. The van der Waals surface area contributed by atoms with E-state index in [9.17, 15) is 5.11 Å². The molecule has 4 heteroatoms. The number of aryl methyl sites for hydroxylation is 1. The minimum Gasteiger partial charge on any atom is -0.388 e.